The minimum atomic E-state index is -0.786. The Bertz CT molecular complexity index is 681. The monoisotopic (exact) mass is 238 g/mol. The Balaban J connectivity index is 2.30. The van der Waals surface area contributed by atoms with Crippen LogP contribution in [0.25, 0.3) is 16.3 Å². The van der Waals surface area contributed by atoms with Crippen LogP contribution in [-0.2, 0) is 11.2 Å². The van der Waals surface area contributed by atoms with E-state index in [9.17, 15) is 9.90 Å². The molecule has 1 aliphatic rings. The number of fused-ring (bicyclic) bond motifs is 3. The molecule has 18 heavy (non-hydrogen) atoms. The van der Waals surface area contributed by atoms with Crippen LogP contribution in [0.1, 0.15) is 24.5 Å². The zero-order valence-corrected chi connectivity index (χ0v) is 10.2. The zero-order valence-electron chi connectivity index (χ0n) is 10.2. The Morgan fingerprint density at radius 3 is 2.67 bits per heavy atom. The minimum Gasteiger partial charge on any atom is -0.478 e. The average Bonchev–Trinajstić information content (AvgIpc) is 2.38. The highest BCUT2D eigenvalue weighted by Gasteiger charge is 2.21. The van der Waals surface area contributed by atoms with Gasteiger partial charge in [0.1, 0.15) is 0 Å². The lowest BCUT2D eigenvalue weighted by Gasteiger charge is -2.20. The van der Waals surface area contributed by atoms with Crippen LogP contribution >= 0.6 is 0 Å². The molecule has 3 rings (SSSR count). The Morgan fingerprint density at radius 1 is 1.11 bits per heavy atom. The molecular weight excluding hydrogens is 224 g/mol. The molecule has 0 unspecified atom stereocenters. The van der Waals surface area contributed by atoms with Crippen molar-refractivity contribution in [3.63, 3.8) is 0 Å². The third-order valence-corrected chi connectivity index (χ3v) is 3.78. The van der Waals surface area contributed by atoms with Crippen LogP contribution in [0.2, 0.25) is 0 Å². The Morgan fingerprint density at radius 2 is 1.89 bits per heavy atom. The van der Waals surface area contributed by atoms with Crippen LogP contribution in [0.4, 0.5) is 0 Å². The molecule has 0 saturated heterocycles. The average molecular weight is 238 g/mol. The summed E-state index contributed by atoms with van der Waals surface area (Å²) in [6.07, 6.45) is 1.44. The Labute approximate surface area is 106 Å². The number of carboxylic acids is 1. The molecule has 0 saturated carbocycles. The van der Waals surface area contributed by atoms with Crippen molar-refractivity contribution < 1.29 is 9.90 Å². The van der Waals surface area contributed by atoms with Gasteiger partial charge in [0.05, 0.1) is 0 Å². The van der Waals surface area contributed by atoms with Crippen molar-refractivity contribution in [1.82, 2.24) is 0 Å². The lowest BCUT2D eigenvalue weighted by atomic mass is 9.83. The molecule has 2 heteroatoms. The summed E-state index contributed by atoms with van der Waals surface area (Å²) in [5, 5.41) is 11.7. The van der Waals surface area contributed by atoms with Crippen LogP contribution in [-0.4, -0.2) is 11.1 Å². The van der Waals surface area contributed by atoms with Crippen molar-refractivity contribution >= 4 is 22.3 Å². The second-order valence-corrected chi connectivity index (χ2v) is 4.72. The highest BCUT2D eigenvalue weighted by molar-refractivity contribution is 6.00. The van der Waals surface area contributed by atoms with Gasteiger partial charge in [-0.05, 0) is 47.2 Å². The van der Waals surface area contributed by atoms with Gasteiger partial charge in [0.25, 0.3) is 0 Å². The molecule has 0 spiro atoms. The molecule has 2 nitrogen and oxygen atoms in total. The number of aryl methyl sites for hydroxylation is 1. The number of aliphatic carboxylic acids is 1. The van der Waals surface area contributed by atoms with Gasteiger partial charge in [-0.1, -0.05) is 36.4 Å². The summed E-state index contributed by atoms with van der Waals surface area (Å²) in [5.41, 5.74) is 3.85. The van der Waals surface area contributed by atoms with Crippen LogP contribution in [0.3, 0.4) is 0 Å². The zero-order chi connectivity index (χ0) is 12.7. The molecule has 2 aromatic rings. The summed E-state index contributed by atoms with van der Waals surface area (Å²) < 4.78 is 0. The number of benzene rings is 2. The first-order chi connectivity index (χ1) is 8.68. The van der Waals surface area contributed by atoms with Gasteiger partial charge in [-0.3, -0.25) is 0 Å². The van der Waals surface area contributed by atoms with Gasteiger partial charge >= 0.3 is 5.97 Å². The van der Waals surface area contributed by atoms with Gasteiger partial charge in [0, 0.05) is 5.57 Å². The number of rotatable bonds is 1. The number of carboxylic acid groups (broad SMARTS) is 1. The first kappa shape index (κ1) is 11.0. The molecule has 90 valence electrons. The molecule has 0 aromatic heterocycles. The fourth-order valence-electron chi connectivity index (χ4n) is 2.82. The molecular formula is C16H14O2. The van der Waals surface area contributed by atoms with Gasteiger partial charge in [-0.2, -0.15) is 0 Å². The van der Waals surface area contributed by atoms with E-state index in [1.807, 2.05) is 19.1 Å². The maximum Gasteiger partial charge on any atom is 0.331 e. The molecule has 0 amide bonds. The van der Waals surface area contributed by atoms with E-state index >= 15 is 0 Å². The van der Waals surface area contributed by atoms with E-state index in [1.165, 1.54) is 16.3 Å². The first-order valence-corrected chi connectivity index (χ1v) is 6.12. The summed E-state index contributed by atoms with van der Waals surface area (Å²) in [6.45, 7) is 1.91. The summed E-state index contributed by atoms with van der Waals surface area (Å²) >= 11 is 0. The van der Waals surface area contributed by atoms with E-state index in [4.69, 9.17) is 0 Å². The van der Waals surface area contributed by atoms with E-state index in [1.54, 1.807) is 0 Å². The van der Waals surface area contributed by atoms with Crippen molar-refractivity contribution in [2.45, 2.75) is 19.8 Å². The lowest BCUT2D eigenvalue weighted by Crippen LogP contribution is -2.11. The van der Waals surface area contributed by atoms with E-state index in [0.717, 1.165) is 17.6 Å². The van der Waals surface area contributed by atoms with Crippen LogP contribution in [0, 0.1) is 0 Å². The minimum absolute atomic E-state index is 0.554. The van der Waals surface area contributed by atoms with Gasteiger partial charge in [-0.15, -0.1) is 0 Å². The number of allylic oxidation sites excluding steroid dienone is 1. The largest absolute Gasteiger partial charge is 0.478 e. The van der Waals surface area contributed by atoms with Gasteiger partial charge < -0.3 is 5.11 Å². The highest BCUT2D eigenvalue weighted by Crippen LogP contribution is 2.35. The molecule has 1 N–H and O–H groups in total. The van der Waals surface area contributed by atoms with Crippen molar-refractivity contribution in [2.24, 2.45) is 0 Å². The molecule has 0 aliphatic heterocycles. The fraction of sp³-hybridized carbons (Fsp3) is 0.188. The molecule has 0 heterocycles. The maximum absolute atomic E-state index is 11.2. The summed E-state index contributed by atoms with van der Waals surface area (Å²) in [5.74, 6) is -0.786. The van der Waals surface area contributed by atoms with Crippen LogP contribution < -0.4 is 0 Å². The number of hydrogen-bond acceptors (Lipinski definition) is 1. The van der Waals surface area contributed by atoms with E-state index in [2.05, 4.69) is 24.3 Å². The topological polar surface area (TPSA) is 37.3 Å². The van der Waals surface area contributed by atoms with Crippen LogP contribution in [0.15, 0.2) is 42.0 Å². The van der Waals surface area contributed by atoms with Gasteiger partial charge in [-0.25, -0.2) is 4.79 Å². The maximum atomic E-state index is 11.2. The molecule has 0 bridgehead atoms. The summed E-state index contributed by atoms with van der Waals surface area (Å²) in [4.78, 5) is 11.2. The van der Waals surface area contributed by atoms with Crippen LogP contribution in [0.5, 0.6) is 0 Å². The highest BCUT2D eigenvalue weighted by atomic mass is 16.4. The van der Waals surface area contributed by atoms with E-state index in [-0.39, 0.29) is 0 Å². The van der Waals surface area contributed by atoms with E-state index in [0.29, 0.717) is 12.0 Å². The lowest BCUT2D eigenvalue weighted by molar-refractivity contribution is -0.132. The second kappa shape index (κ2) is 3.98. The molecule has 0 radical (unpaired) electrons. The quantitative estimate of drug-likeness (QED) is 0.823. The second-order valence-electron chi connectivity index (χ2n) is 4.72. The third kappa shape index (κ3) is 1.53. The predicted octanol–water partition coefficient (Wildman–Crippen LogP) is 3.64. The molecule has 1 aliphatic carbocycles. The van der Waals surface area contributed by atoms with Crippen molar-refractivity contribution in [1.29, 1.82) is 0 Å². The van der Waals surface area contributed by atoms with Gasteiger partial charge in [0.15, 0.2) is 0 Å². The normalized spacial score (nSPS) is 14.7. The van der Waals surface area contributed by atoms with Gasteiger partial charge in [0.2, 0.25) is 0 Å². The standard InChI is InChI=1S/C16H14O2/c1-10-12-7-6-11-4-2-3-5-14(11)15(12)9-8-13(10)16(17)18/h2-7H,8-9H2,1H3,(H,17,18). The summed E-state index contributed by atoms with van der Waals surface area (Å²) in [7, 11) is 0. The van der Waals surface area contributed by atoms with Crippen molar-refractivity contribution in [3.8, 4) is 0 Å². The number of hydrogen-bond donors (Lipinski definition) is 1. The third-order valence-electron chi connectivity index (χ3n) is 3.78. The molecule has 2 aromatic carbocycles. The Kier molecular flexibility index (Phi) is 2.44. The smallest absolute Gasteiger partial charge is 0.331 e. The Hall–Kier alpha value is -2.09. The summed E-state index contributed by atoms with van der Waals surface area (Å²) in [6, 6.07) is 12.4. The molecule has 0 fully saturated rings. The van der Waals surface area contributed by atoms with Crippen molar-refractivity contribution in [3.05, 3.63) is 53.1 Å². The first-order valence-electron chi connectivity index (χ1n) is 6.12. The SMILES string of the molecule is CC1=C(C(=O)O)CCc2c1ccc1ccccc21. The number of carbonyl (C=O) groups is 1. The van der Waals surface area contributed by atoms with E-state index < -0.39 is 5.97 Å². The van der Waals surface area contributed by atoms with Crippen molar-refractivity contribution in [2.75, 3.05) is 0 Å². The molecule has 0 atom stereocenters. The predicted molar refractivity (Wildman–Crippen MR) is 72.5 cm³/mol. The fourth-order valence-corrected chi connectivity index (χ4v) is 2.82.